The molecule has 0 saturated heterocycles. The molecule has 25 heavy (non-hydrogen) atoms. The molecule has 0 aliphatic heterocycles. The van der Waals surface area contributed by atoms with Crippen LogP contribution in [0.2, 0.25) is 5.02 Å². The maximum absolute atomic E-state index is 12.0. The molecule has 0 atom stereocenters. The van der Waals surface area contributed by atoms with Gasteiger partial charge in [0.1, 0.15) is 4.90 Å². The van der Waals surface area contributed by atoms with Crippen LogP contribution in [-0.2, 0) is 29.1 Å². The van der Waals surface area contributed by atoms with Crippen molar-refractivity contribution >= 4 is 39.4 Å². The lowest BCUT2D eigenvalue weighted by atomic mass is 10.4. The number of rotatable bonds is 9. The number of likely N-dealkylation sites (N-methyl/N-ethyl adjacent to an activating group) is 1. The van der Waals surface area contributed by atoms with Gasteiger partial charge in [0.25, 0.3) is 5.91 Å². The van der Waals surface area contributed by atoms with Gasteiger partial charge in [-0.1, -0.05) is 23.7 Å². The number of benzene rings is 1. The molecule has 0 saturated carbocycles. The Kier molecular flexibility index (Phi) is 8.32. The van der Waals surface area contributed by atoms with Crippen molar-refractivity contribution in [1.82, 2.24) is 15.4 Å². The second-order valence-corrected chi connectivity index (χ2v) is 6.83. The molecule has 1 aromatic carbocycles. The maximum Gasteiger partial charge on any atom is 0.307 e. The van der Waals surface area contributed by atoms with Crippen LogP contribution >= 0.6 is 11.6 Å². The summed E-state index contributed by atoms with van der Waals surface area (Å²) in [6, 6.07) is 5.88. The first kappa shape index (κ1) is 20.9. The van der Waals surface area contributed by atoms with E-state index in [9.17, 15) is 22.8 Å². The summed E-state index contributed by atoms with van der Waals surface area (Å²) in [4.78, 5) is 33.6. The van der Waals surface area contributed by atoms with E-state index in [1.165, 1.54) is 25.2 Å². The van der Waals surface area contributed by atoms with E-state index in [2.05, 4.69) is 20.1 Å². The number of halogens is 1. The summed E-state index contributed by atoms with van der Waals surface area (Å²) >= 11 is 5.81. The molecule has 1 rings (SSSR count). The van der Waals surface area contributed by atoms with Gasteiger partial charge in [0.05, 0.1) is 18.0 Å². The molecular formula is C14H18ClN3O6S. The second kappa shape index (κ2) is 9.97. The van der Waals surface area contributed by atoms with E-state index in [0.29, 0.717) is 0 Å². The number of esters is 1. The molecule has 0 spiro atoms. The number of nitrogens with one attached hydrogen (secondary N) is 3. The number of carbonyl (C=O) groups excluding carboxylic acids is 3. The van der Waals surface area contributed by atoms with Crippen LogP contribution in [-0.4, -0.2) is 52.9 Å². The van der Waals surface area contributed by atoms with Crippen LogP contribution in [0.1, 0.15) is 6.42 Å². The van der Waals surface area contributed by atoms with Crippen molar-refractivity contribution in [3.63, 3.8) is 0 Å². The molecule has 3 N–H and O–H groups in total. The molecule has 11 heteroatoms. The van der Waals surface area contributed by atoms with Gasteiger partial charge in [-0.2, -0.15) is 0 Å². The maximum atomic E-state index is 12.0. The van der Waals surface area contributed by atoms with Gasteiger partial charge < -0.3 is 15.4 Å². The summed E-state index contributed by atoms with van der Waals surface area (Å²) < 4.78 is 30.9. The normalized spacial score (nSPS) is 10.8. The SMILES string of the molecule is CNC(=O)CNC(=O)COC(=O)CCNS(=O)(=O)c1ccccc1Cl. The van der Waals surface area contributed by atoms with E-state index in [1.807, 2.05) is 0 Å². The molecule has 9 nitrogen and oxygen atoms in total. The Morgan fingerprint density at radius 3 is 2.48 bits per heavy atom. The van der Waals surface area contributed by atoms with E-state index in [4.69, 9.17) is 11.6 Å². The Labute approximate surface area is 150 Å². The van der Waals surface area contributed by atoms with E-state index in [0.717, 1.165) is 0 Å². The highest BCUT2D eigenvalue weighted by molar-refractivity contribution is 7.89. The third-order valence-electron chi connectivity index (χ3n) is 2.84. The predicted molar refractivity (Wildman–Crippen MR) is 89.3 cm³/mol. The Morgan fingerprint density at radius 2 is 1.84 bits per heavy atom. The van der Waals surface area contributed by atoms with Crippen LogP contribution < -0.4 is 15.4 Å². The van der Waals surface area contributed by atoms with E-state index in [1.54, 1.807) is 6.07 Å². The van der Waals surface area contributed by atoms with E-state index < -0.39 is 34.4 Å². The standard InChI is InChI=1S/C14H18ClN3O6S/c1-16-12(19)8-17-13(20)9-24-14(21)6-7-18-25(22,23)11-5-3-2-4-10(11)15/h2-5,18H,6-9H2,1H3,(H,16,19)(H,17,20). The summed E-state index contributed by atoms with van der Waals surface area (Å²) in [6.07, 6.45) is -0.271. The number of carbonyl (C=O) groups is 3. The third-order valence-corrected chi connectivity index (χ3v) is 4.80. The van der Waals surface area contributed by atoms with Crippen molar-refractivity contribution in [3.8, 4) is 0 Å². The van der Waals surface area contributed by atoms with Gasteiger partial charge in [0.2, 0.25) is 15.9 Å². The van der Waals surface area contributed by atoms with Crippen LogP contribution in [0.5, 0.6) is 0 Å². The first-order valence-electron chi connectivity index (χ1n) is 7.13. The Morgan fingerprint density at radius 1 is 1.16 bits per heavy atom. The molecule has 1 aromatic rings. The lowest BCUT2D eigenvalue weighted by Crippen LogP contribution is -2.37. The highest BCUT2D eigenvalue weighted by atomic mass is 35.5. The third kappa shape index (κ3) is 7.50. The fourth-order valence-corrected chi connectivity index (χ4v) is 3.11. The number of hydrogen-bond acceptors (Lipinski definition) is 6. The molecule has 2 amide bonds. The lowest BCUT2D eigenvalue weighted by molar-refractivity contribution is -0.148. The number of hydrogen-bond donors (Lipinski definition) is 3. The van der Waals surface area contributed by atoms with Crippen molar-refractivity contribution in [2.24, 2.45) is 0 Å². The summed E-state index contributed by atoms with van der Waals surface area (Å²) in [7, 11) is -2.44. The van der Waals surface area contributed by atoms with E-state index in [-0.39, 0.29) is 29.4 Å². The molecule has 0 aromatic heterocycles. The van der Waals surface area contributed by atoms with Gasteiger partial charge in [-0.25, -0.2) is 13.1 Å². The highest BCUT2D eigenvalue weighted by Gasteiger charge is 2.17. The first-order valence-corrected chi connectivity index (χ1v) is 8.99. The minimum atomic E-state index is -3.85. The average Bonchev–Trinajstić information content (AvgIpc) is 2.57. The van der Waals surface area contributed by atoms with Crippen LogP contribution in [0.4, 0.5) is 0 Å². The van der Waals surface area contributed by atoms with Crippen LogP contribution in [0.25, 0.3) is 0 Å². The minimum Gasteiger partial charge on any atom is -0.456 e. The molecule has 0 radical (unpaired) electrons. The highest BCUT2D eigenvalue weighted by Crippen LogP contribution is 2.19. The van der Waals surface area contributed by atoms with Crippen LogP contribution in [0.15, 0.2) is 29.2 Å². The zero-order valence-corrected chi connectivity index (χ0v) is 14.9. The van der Waals surface area contributed by atoms with Crippen molar-refractivity contribution < 1.29 is 27.5 Å². The topological polar surface area (TPSA) is 131 Å². The molecular weight excluding hydrogens is 374 g/mol. The smallest absolute Gasteiger partial charge is 0.307 e. The van der Waals surface area contributed by atoms with Crippen molar-refractivity contribution in [2.75, 3.05) is 26.7 Å². The van der Waals surface area contributed by atoms with Gasteiger partial charge in [-0.3, -0.25) is 14.4 Å². The van der Waals surface area contributed by atoms with Gasteiger partial charge in [0.15, 0.2) is 6.61 Å². The first-order chi connectivity index (χ1) is 11.8. The van der Waals surface area contributed by atoms with Crippen molar-refractivity contribution in [3.05, 3.63) is 29.3 Å². The van der Waals surface area contributed by atoms with Crippen LogP contribution in [0, 0.1) is 0 Å². The van der Waals surface area contributed by atoms with Crippen molar-refractivity contribution in [2.45, 2.75) is 11.3 Å². The van der Waals surface area contributed by atoms with Crippen molar-refractivity contribution in [1.29, 1.82) is 0 Å². The zero-order chi connectivity index (χ0) is 18.9. The molecule has 0 unspecified atom stereocenters. The number of amides is 2. The van der Waals surface area contributed by atoms with Gasteiger partial charge >= 0.3 is 5.97 Å². The van der Waals surface area contributed by atoms with E-state index >= 15 is 0 Å². The number of ether oxygens (including phenoxy) is 1. The molecule has 0 heterocycles. The fourth-order valence-electron chi connectivity index (χ4n) is 1.56. The summed E-state index contributed by atoms with van der Waals surface area (Å²) in [5, 5.41) is 4.61. The molecule has 0 bridgehead atoms. The minimum absolute atomic E-state index is 0.0605. The molecule has 0 aliphatic rings. The number of sulfonamides is 1. The van der Waals surface area contributed by atoms with Gasteiger partial charge in [-0.15, -0.1) is 0 Å². The summed E-state index contributed by atoms with van der Waals surface area (Å²) in [5.41, 5.74) is 0. The predicted octanol–water partition coefficient (Wildman–Crippen LogP) is -0.586. The fraction of sp³-hybridized carbons (Fsp3) is 0.357. The molecule has 0 aliphatic carbocycles. The second-order valence-electron chi connectivity index (χ2n) is 4.69. The largest absolute Gasteiger partial charge is 0.456 e. The zero-order valence-electron chi connectivity index (χ0n) is 13.4. The summed E-state index contributed by atoms with van der Waals surface area (Å²) in [6.45, 7) is -1.01. The summed E-state index contributed by atoms with van der Waals surface area (Å²) in [5.74, 6) is -1.81. The monoisotopic (exact) mass is 391 g/mol. The molecule has 0 fully saturated rings. The lowest BCUT2D eigenvalue weighted by Gasteiger charge is -2.08. The van der Waals surface area contributed by atoms with Gasteiger partial charge in [-0.05, 0) is 12.1 Å². The van der Waals surface area contributed by atoms with Crippen LogP contribution in [0.3, 0.4) is 0 Å². The molecule has 138 valence electrons. The quantitative estimate of drug-likeness (QED) is 0.482. The van der Waals surface area contributed by atoms with Gasteiger partial charge in [0, 0.05) is 13.6 Å². The Bertz CT molecular complexity index is 738. The average molecular weight is 392 g/mol. The Balaban J connectivity index is 2.34. The Hall–Kier alpha value is -2.17.